The van der Waals surface area contributed by atoms with E-state index in [-0.39, 0.29) is 11.8 Å². The van der Waals surface area contributed by atoms with Crippen LogP contribution in [0.15, 0.2) is 60.8 Å². The van der Waals surface area contributed by atoms with Crippen molar-refractivity contribution >= 4 is 34.1 Å². The van der Waals surface area contributed by atoms with Crippen LogP contribution in [0.25, 0.3) is 16.6 Å². The maximum absolute atomic E-state index is 13.8. The highest BCUT2D eigenvalue weighted by atomic mass is 19.1. The number of benzene rings is 2. The number of amides is 2. The van der Waals surface area contributed by atoms with Gasteiger partial charge < -0.3 is 19.5 Å². The van der Waals surface area contributed by atoms with E-state index < -0.39 is 0 Å². The lowest BCUT2D eigenvalue weighted by Gasteiger charge is -2.24. The number of hydrogen-bond donors (Lipinski definition) is 1. The molecule has 2 aromatic carbocycles. The second-order valence-corrected chi connectivity index (χ2v) is 8.14. The van der Waals surface area contributed by atoms with Crippen molar-refractivity contribution in [3.63, 3.8) is 0 Å². The van der Waals surface area contributed by atoms with Crippen molar-refractivity contribution in [2.45, 2.75) is 19.8 Å². The van der Waals surface area contributed by atoms with Crippen molar-refractivity contribution in [3.8, 4) is 0 Å². The number of halogens is 1. The van der Waals surface area contributed by atoms with Gasteiger partial charge in [-0.05, 0) is 54.8 Å². The van der Waals surface area contributed by atoms with Gasteiger partial charge >= 0.3 is 6.03 Å². The molecule has 0 bridgehead atoms. The number of carbonyl (C=O) groups excluding carboxylic acids is 1. The summed E-state index contributed by atoms with van der Waals surface area (Å²) in [6.07, 6.45) is 3.78. The van der Waals surface area contributed by atoms with E-state index in [1.54, 1.807) is 6.07 Å². The first-order valence-corrected chi connectivity index (χ1v) is 11.1. The first kappa shape index (κ1) is 20.3. The molecule has 0 aliphatic carbocycles. The van der Waals surface area contributed by atoms with Crippen LogP contribution in [-0.4, -0.2) is 46.5 Å². The van der Waals surface area contributed by atoms with Crippen LogP contribution in [0.4, 0.5) is 20.7 Å². The fourth-order valence-electron chi connectivity index (χ4n) is 4.33. The number of urea groups is 1. The molecule has 6 nitrogen and oxygen atoms in total. The second-order valence-electron chi connectivity index (χ2n) is 8.14. The minimum Gasteiger partial charge on any atom is -0.353 e. The standard InChI is InChI=1S/C25H26FN5O/c1-2-18-6-9-20(10-7-18)27-25(32)30-13-4-12-29(15-16-30)24-23-5-3-14-31(23)22-11-8-19(26)17-21(22)28-24/h3,5-11,14,17H,2,4,12-13,15-16H2,1H3,(H,27,32). The number of aryl methyl sites for hydroxylation is 1. The van der Waals surface area contributed by atoms with Crippen LogP contribution in [0.5, 0.6) is 0 Å². The Hall–Kier alpha value is -3.61. The summed E-state index contributed by atoms with van der Waals surface area (Å²) in [5.41, 5.74) is 4.53. The molecule has 0 spiro atoms. The highest BCUT2D eigenvalue weighted by molar-refractivity contribution is 5.89. The number of nitrogens with zero attached hydrogens (tertiary/aromatic N) is 4. The van der Waals surface area contributed by atoms with Crippen LogP contribution in [0, 0.1) is 5.82 Å². The number of anilines is 2. The largest absolute Gasteiger partial charge is 0.353 e. The van der Waals surface area contributed by atoms with Crippen LogP contribution in [0.1, 0.15) is 18.9 Å². The molecule has 1 saturated heterocycles. The molecule has 1 fully saturated rings. The third-order valence-electron chi connectivity index (χ3n) is 6.10. The molecule has 0 unspecified atom stereocenters. The first-order chi connectivity index (χ1) is 15.6. The number of carbonyl (C=O) groups is 1. The van der Waals surface area contributed by atoms with E-state index in [1.807, 2.05) is 51.9 Å². The maximum Gasteiger partial charge on any atom is 0.321 e. The Balaban J connectivity index is 1.35. The lowest BCUT2D eigenvalue weighted by molar-refractivity contribution is 0.215. The van der Waals surface area contributed by atoms with E-state index >= 15 is 0 Å². The van der Waals surface area contributed by atoms with Gasteiger partial charge in [0.05, 0.1) is 16.6 Å². The van der Waals surface area contributed by atoms with Gasteiger partial charge in [0.1, 0.15) is 5.82 Å². The van der Waals surface area contributed by atoms with Crippen LogP contribution in [-0.2, 0) is 6.42 Å². The zero-order valence-corrected chi connectivity index (χ0v) is 18.1. The smallest absolute Gasteiger partial charge is 0.321 e. The summed E-state index contributed by atoms with van der Waals surface area (Å²) < 4.78 is 15.9. The van der Waals surface area contributed by atoms with Crippen LogP contribution >= 0.6 is 0 Å². The molecular formula is C25H26FN5O. The van der Waals surface area contributed by atoms with Crippen molar-refractivity contribution in [1.82, 2.24) is 14.3 Å². The lowest BCUT2D eigenvalue weighted by atomic mass is 10.1. The lowest BCUT2D eigenvalue weighted by Crippen LogP contribution is -2.38. The van der Waals surface area contributed by atoms with Gasteiger partial charge in [-0.1, -0.05) is 19.1 Å². The van der Waals surface area contributed by atoms with E-state index in [4.69, 9.17) is 4.98 Å². The maximum atomic E-state index is 13.8. The molecule has 1 aliphatic rings. The summed E-state index contributed by atoms with van der Waals surface area (Å²) in [4.78, 5) is 21.7. The molecule has 0 radical (unpaired) electrons. The van der Waals surface area contributed by atoms with Crippen molar-refractivity contribution < 1.29 is 9.18 Å². The topological polar surface area (TPSA) is 52.9 Å². The summed E-state index contributed by atoms with van der Waals surface area (Å²) in [5.74, 6) is 0.527. The van der Waals surface area contributed by atoms with Gasteiger partial charge in [-0.2, -0.15) is 0 Å². The average Bonchev–Trinajstić information content (AvgIpc) is 3.16. The van der Waals surface area contributed by atoms with Gasteiger partial charge in [-0.3, -0.25) is 0 Å². The Labute approximate surface area is 186 Å². The summed E-state index contributed by atoms with van der Waals surface area (Å²) in [5, 5.41) is 3.01. The Morgan fingerprint density at radius 1 is 1.03 bits per heavy atom. The highest BCUT2D eigenvalue weighted by Crippen LogP contribution is 2.27. The zero-order valence-electron chi connectivity index (χ0n) is 18.1. The Morgan fingerprint density at radius 2 is 1.88 bits per heavy atom. The van der Waals surface area contributed by atoms with Gasteiger partial charge in [-0.15, -0.1) is 0 Å². The monoisotopic (exact) mass is 431 g/mol. The van der Waals surface area contributed by atoms with Crippen molar-refractivity contribution in [2.75, 3.05) is 36.4 Å². The Morgan fingerprint density at radius 3 is 2.69 bits per heavy atom. The van der Waals surface area contributed by atoms with Gasteiger partial charge in [0.25, 0.3) is 0 Å². The minimum absolute atomic E-state index is 0.0857. The molecular weight excluding hydrogens is 405 g/mol. The molecule has 2 aromatic heterocycles. The molecule has 7 heteroatoms. The molecule has 4 aromatic rings. The SMILES string of the molecule is CCc1ccc(NC(=O)N2CCCN(c3nc4cc(F)ccc4n4cccc34)CC2)cc1. The van der Waals surface area contributed by atoms with E-state index in [0.717, 1.165) is 41.9 Å². The average molecular weight is 432 g/mol. The number of fused-ring (bicyclic) bond motifs is 3. The summed E-state index contributed by atoms with van der Waals surface area (Å²) in [7, 11) is 0. The van der Waals surface area contributed by atoms with Gasteiger partial charge in [0.15, 0.2) is 5.82 Å². The number of nitrogens with one attached hydrogen (secondary N) is 1. The fourth-order valence-corrected chi connectivity index (χ4v) is 4.33. The van der Waals surface area contributed by atoms with Gasteiger partial charge in [0, 0.05) is 44.1 Å². The molecule has 0 saturated carbocycles. The third kappa shape index (κ3) is 3.86. The normalized spacial score (nSPS) is 14.7. The van der Waals surface area contributed by atoms with E-state index in [9.17, 15) is 9.18 Å². The molecule has 5 rings (SSSR count). The molecule has 1 N–H and O–H groups in total. The zero-order chi connectivity index (χ0) is 22.1. The molecule has 2 amide bonds. The Kier molecular flexibility index (Phi) is 5.39. The number of aromatic nitrogens is 2. The third-order valence-corrected chi connectivity index (χ3v) is 6.10. The minimum atomic E-state index is -0.298. The quantitative estimate of drug-likeness (QED) is 0.500. The molecule has 32 heavy (non-hydrogen) atoms. The first-order valence-electron chi connectivity index (χ1n) is 11.1. The van der Waals surface area contributed by atoms with Crippen molar-refractivity contribution in [2.24, 2.45) is 0 Å². The van der Waals surface area contributed by atoms with Gasteiger partial charge in [0.2, 0.25) is 0 Å². The van der Waals surface area contributed by atoms with Crippen LogP contribution in [0.3, 0.4) is 0 Å². The molecule has 164 valence electrons. The van der Waals surface area contributed by atoms with E-state index in [1.165, 1.54) is 17.7 Å². The van der Waals surface area contributed by atoms with E-state index in [2.05, 4.69) is 17.1 Å². The summed E-state index contributed by atoms with van der Waals surface area (Å²) >= 11 is 0. The summed E-state index contributed by atoms with van der Waals surface area (Å²) in [6.45, 7) is 4.82. The molecule has 3 heterocycles. The van der Waals surface area contributed by atoms with E-state index in [0.29, 0.717) is 25.2 Å². The van der Waals surface area contributed by atoms with Crippen molar-refractivity contribution in [3.05, 3.63) is 72.2 Å². The van der Waals surface area contributed by atoms with Crippen molar-refractivity contribution in [1.29, 1.82) is 0 Å². The molecule has 1 aliphatic heterocycles. The Bertz CT molecular complexity index is 1270. The summed E-state index contributed by atoms with van der Waals surface area (Å²) in [6, 6.07) is 16.6. The second kappa shape index (κ2) is 8.49. The number of rotatable bonds is 3. The number of hydrogen-bond acceptors (Lipinski definition) is 3. The van der Waals surface area contributed by atoms with Crippen LogP contribution in [0.2, 0.25) is 0 Å². The molecule has 0 atom stereocenters. The predicted octanol–water partition coefficient (Wildman–Crippen LogP) is 4.93. The fraction of sp³-hybridized carbons (Fsp3) is 0.280. The predicted molar refractivity (Wildman–Crippen MR) is 126 cm³/mol. The van der Waals surface area contributed by atoms with Crippen LogP contribution < -0.4 is 10.2 Å². The highest BCUT2D eigenvalue weighted by Gasteiger charge is 2.22. The van der Waals surface area contributed by atoms with Gasteiger partial charge in [-0.25, -0.2) is 14.2 Å².